The van der Waals surface area contributed by atoms with Gasteiger partial charge in [-0.25, -0.2) is 0 Å². The molecule has 17 heavy (non-hydrogen) atoms. The Balaban J connectivity index is 2.03. The first-order valence-electron chi connectivity index (χ1n) is 6.55. The van der Waals surface area contributed by atoms with E-state index in [1.807, 2.05) is 4.90 Å². The predicted octanol–water partition coefficient (Wildman–Crippen LogP) is 1.38. The SMILES string of the molecule is COCC(=O)N1CCCC1C1CCCCC1=O. The number of nitrogens with zero attached hydrogens (tertiary/aromatic N) is 1. The molecule has 2 atom stereocenters. The van der Waals surface area contributed by atoms with E-state index in [0.29, 0.717) is 12.2 Å². The molecule has 0 bridgehead atoms. The van der Waals surface area contributed by atoms with Gasteiger partial charge in [-0.1, -0.05) is 6.42 Å². The van der Waals surface area contributed by atoms with E-state index >= 15 is 0 Å². The Morgan fingerprint density at radius 1 is 1.35 bits per heavy atom. The fourth-order valence-electron chi connectivity index (χ4n) is 3.14. The molecule has 1 aliphatic heterocycles. The van der Waals surface area contributed by atoms with Crippen LogP contribution in [-0.2, 0) is 14.3 Å². The van der Waals surface area contributed by atoms with Crippen molar-refractivity contribution >= 4 is 11.7 Å². The largest absolute Gasteiger partial charge is 0.375 e. The second-order valence-electron chi connectivity index (χ2n) is 5.05. The van der Waals surface area contributed by atoms with Gasteiger partial charge >= 0.3 is 0 Å². The summed E-state index contributed by atoms with van der Waals surface area (Å²) in [6.45, 7) is 0.925. The monoisotopic (exact) mass is 239 g/mol. The second kappa shape index (κ2) is 5.63. The van der Waals surface area contributed by atoms with E-state index in [0.717, 1.165) is 38.6 Å². The molecule has 1 amide bonds. The van der Waals surface area contributed by atoms with Crippen molar-refractivity contribution in [2.75, 3.05) is 20.3 Å². The predicted molar refractivity (Wildman–Crippen MR) is 63.6 cm³/mol. The van der Waals surface area contributed by atoms with E-state index in [9.17, 15) is 9.59 Å². The number of likely N-dealkylation sites (tertiary alicyclic amines) is 1. The maximum absolute atomic E-state index is 11.9. The average Bonchev–Trinajstić information content (AvgIpc) is 2.79. The van der Waals surface area contributed by atoms with Gasteiger partial charge in [-0.3, -0.25) is 9.59 Å². The molecule has 2 unspecified atom stereocenters. The van der Waals surface area contributed by atoms with E-state index in [2.05, 4.69) is 0 Å². The van der Waals surface area contributed by atoms with Crippen molar-refractivity contribution in [2.24, 2.45) is 5.92 Å². The van der Waals surface area contributed by atoms with Gasteiger partial charge in [-0.05, 0) is 25.7 Å². The molecule has 0 spiro atoms. The summed E-state index contributed by atoms with van der Waals surface area (Å²) in [6.07, 6.45) is 5.80. The number of carbonyl (C=O) groups excluding carboxylic acids is 2. The third-order valence-corrected chi connectivity index (χ3v) is 3.95. The van der Waals surface area contributed by atoms with Gasteiger partial charge in [-0.15, -0.1) is 0 Å². The van der Waals surface area contributed by atoms with Crippen LogP contribution in [0.25, 0.3) is 0 Å². The molecule has 0 aromatic carbocycles. The van der Waals surface area contributed by atoms with Gasteiger partial charge in [0.05, 0.1) is 0 Å². The molecule has 2 aliphatic rings. The molecule has 0 aromatic heterocycles. The smallest absolute Gasteiger partial charge is 0.248 e. The van der Waals surface area contributed by atoms with Crippen LogP contribution < -0.4 is 0 Å². The summed E-state index contributed by atoms with van der Waals surface area (Å²) in [5, 5.41) is 0. The zero-order chi connectivity index (χ0) is 12.3. The van der Waals surface area contributed by atoms with E-state index < -0.39 is 0 Å². The lowest BCUT2D eigenvalue weighted by atomic mass is 9.82. The van der Waals surface area contributed by atoms with Crippen LogP contribution in [0.1, 0.15) is 38.5 Å². The molecule has 96 valence electrons. The van der Waals surface area contributed by atoms with Crippen LogP contribution in [0.3, 0.4) is 0 Å². The van der Waals surface area contributed by atoms with Crippen LogP contribution in [0.5, 0.6) is 0 Å². The van der Waals surface area contributed by atoms with Gasteiger partial charge in [0.25, 0.3) is 0 Å². The lowest BCUT2D eigenvalue weighted by Gasteiger charge is -2.32. The lowest BCUT2D eigenvalue weighted by Crippen LogP contribution is -2.45. The fraction of sp³-hybridized carbons (Fsp3) is 0.846. The zero-order valence-electron chi connectivity index (χ0n) is 10.5. The average molecular weight is 239 g/mol. The molecular formula is C13H21NO3. The highest BCUT2D eigenvalue weighted by Gasteiger charge is 2.38. The maximum Gasteiger partial charge on any atom is 0.248 e. The Morgan fingerprint density at radius 3 is 2.88 bits per heavy atom. The van der Waals surface area contributed by atoms with Gasteiger partial charge in [0.1, 0.15) is 12.4 Å². The van der Waals surface area contributed by atoms with E-state index in [-0.39, 0.29) is 24.5 Å². The number of methoxy groups -OCH3 is 1. The molecule has 2 fully saturated rings. The van der Waals surface area contributed by atoms with Crippen molar-refractivity contribution in [3.05, 3.63) is 0 Å². The molecule has 0 N–H and O–H groups in total. The highest BCUT2D eigenvalue weighted by molar-refractivity contribution is 5.84. The van der Waals surface area contributed by atoms with E-state index in [1.165, 1.54) is 7.11 Å². The van der Waals surface area contributed by atoms with Crippen LogP contribution in [0.4, 0.5) is 0 Å². The first-order valence-corrected chi connectivity index (χ1v) is 6.55. The third-order valence-electron chi connectivity index (χ3n) is 3.95. The van der Waals surface area contributed by atoms with Crippen molar-refractivity contribution in [3.8, 4) is 0 Å². The van der Waals surface area contributed by atoms with Crippen molar-refractivity contribution in [1.82, 2.24) is 4.90 Å². The topological polar surface area (TPSA) is 46.6 Å². The van der Waals surface area contributed by atoms with Crippen molar-refractivity contribution in [3.63, 3.8) is 0 Å². The van der Waals surface area contributed by atoms with Gasteiger partial charge in [-0.2, -0.15) is 0 Å². The Kier molecular flexibility index (Phi) is 4.15. The number of carbonyl (C=O) groups is 2. The normalized spacial score (nSPS) is 29.7. The zero-order valence-corrected chi connectivity index (χ0v) is 10.5. The minimum absolute atomic E-state index is 0.0355. The standard InChI is InChI=1S/C13H21NO3/c1-17-9-13(16)14-8-4-6-11(14)10-5-2-3-7-12(10)15/h10-11H,2-9H2,1H3. The van der Waals surface area contributed by atoms with Gasteiger partial charge in [0.2, 0.25) is 5.91 Å². The van der Waals surface area contributed by atoms with Crippen molar-refractivity contribution in [2.45, 2.75) is 44.6 Å². The molecule has 2 rings (SSSR count). The van der Waals surface area contributed by atoms with Crippen LogP contribution >= 0.6 is 0 Å². The summed E-state index contributed by atoms with van der Waals surface area (Å²) in [4.78, 5) is 25.7. The van der Waals surface area contributed by atoms with E-state index in [1.54, 1.807) is 0 Å². The maximum atomic E-state index is 11.9. The minimum atomic E-state index is 0.0355. The summed E-state index contributed by atoms with van der Waals surface area (Å²) in [6, 6.07) is 0.144. The van der Waals surface area contributed by atoms with Crippen LogP contribution in [0.2, 0.25) is 0 Å². The summed E-state index contributed by atoms with van der Waals surface area (Å²) < 4.78 is 4.90. The Morgan fingerprint density at radius 2 is 2.18 bits per heavy atom. The number of Topliss-reactive ketones (excluding diaryl/α,β-unsaturated/α-hetero) is 1. The molecule has 1 saturated heterocycles. The third kappa shape index (κ3) is 2.68. The second-order valence-corrected chi connectivity index (χ2v) is 5.05. The molecule has 1 aliphatic carbocycles. The fourth-order valence-corrected chi connectivity index (χ4v) is 3.14. The molecule has 4 nitrogen and oxygen atoms in total. The van der Waals surface area contributed by atoms with Crippen molar-refractivity contribution in [1.29, 1.82) is 0 Å². The van der Waals surface area contributed by atoms with Gasteiger partial charge in [0.15, 0.2) is 0 Å². The number of hydrogen-bond donors (Lipinski definition) is 0. The van der Waals surface area contributed by atoms with Gasteiger partial charge in [0, 0.05) is 32.0 Å². The highest BCUT2D eigenvalue weighted by atomic mass is 16.5. The Labute approximate surface area is 102 Å². The molecular weight excluding hydrogens is 218 g/mol. The number of ketones is 1. The molecule has 1 saturated carbocycles. The Bertz CT molecular complexity index is 303. The summed E-state index contributed by atoms with van der Waals surface area (Å²) in [7, 11) is 1.54. The molecule has 0 aromatic rings. The number of ether oxygens (including phenoxy) is 1. The molecule has 0 radical (unpaired) electrons. The van der Waals surface area contributed by atoms with E-state index in [4.69, 9.17) is 4.74 Å². The number of hydrogen-bond acceptors (Lipinski definition) is 3. The van der Waals surface area contributed by atoms with Crippen LogP contribution in [0.15, 0.2) is 0 Å². The van der Waals surface area contributed by atoms with Gasteiger partial charge < -0.3 is 9.64 Å². The number of rotatable bonds is 3. The molecule has 1 heterocycles. The van der Waals surface area contributed by atoms with Crippen molar-refractivity contribution < 1.29 is 14.3 Å². The summed E-state index contributed by atoms with van der Waals surface area (Å²) in [5.41, 5.74) is 0. The first-order chi connectivity index (χ1) is 8.24. The minimum Gasteiger partial charge on any atom is -0.375 e. The summed E-state index contributed by atoms with van der Waals surface area (Å²) in [5.74, 6) is 0.485. The highest BCUT2D eigenvalue weighted by Crippen LogP contribution is 2.32. The Hall–Kier alpha value is -0.900. The summed E-state index contributed by atoms with van der Waals surface area (Å²) >= 11 is 0. The first kappa shape index (κ1) is 12.6. The van der Waals surface area contributed by atoms with Crippen LogP contribution in [0, 0.1) is 5.92 Å². The number of amides is 1. The van der Waals surface area contributed by atoms with Crippen LogP contribution in [-0.4, -0.2) is 42.9 Å². The quantitative estimate of drug-likeness (QED) is 0.747. The molecule has 4 heteroatoms. The lowest BCUT2D eigenvalue weighted by molar-refractivity contribution is -0.139.